The van der Waals surface area contributed by atoms with E-state index in [0.717, 1.165) is 29.5 Å². The normalized spacial score (nSPS) is 18.8. The van der Waals surface area contributed by atoms with Crippen molar-refractivity contribution in [3.63, 3.8) is 0 Å². The van der Waals surface area contributed by atoms with Gasteiger partial charge in [-0.05, 0) is 61.3 Å². The van der Waals surface area contributed by atoms with E-state index in [4.69, 9.17) is 16.3 Å². The molecule has 2 aliphatic rings. The highest BCUT2D eigenvalue weighted by Gasteiger charge is 2.48. The zero-order valence-corrected chi connectivity index (χ0v) is 23.1. The van der Waals surface area contributed by atoms with Crippen LogP contribution in [0.15, 0.2) is 77.6 Å². The van der Waals surface area contributed by atoms with Gasteiger partial charge in [-0.25, -0.2) is 9.69 Å². The lowest BCUT2D eigenvalue weighted by Gasteiger charge is -2.44. The first-order valence-electron chi connectivity index (χ1n) is 13.5. The third-order valence-electron chi connectivity index (χ3n) is 7.69. The fraction of sp³-hybridized carbons (Fsp3) is 0.226. The van der Waals surface area contributed by atoms with Crippen molar-refractivity contribution in [2.75, 3.05) is 18.0 Å². The molecule has 0 aliphatic carbocycles. The van der Waals surface area contributed by atoms with Crippen molar-refractivity contribution in [3.05, 3.63) is 105 Å². The molecular formula is C31H27ClN4O6. The first-order chi connectivity index (χ1) is 20.2. The number of aromatic nitrogens is 1. The molecule has 4 N–H and O–H groups in total. The highest BCUT2D eigenvalue weighted by molar-refractivity contribution is 6.31. The average Bonchev–Trinajstić information content (AvgIpc) is 2.98. The molecule has 0 radical (unpaired) electrons. The third-order valence-corrected chi connectivity index (χ3v) is 7.93. The number of anilines is 1. The van der Waals surface area contributed by atoms with Gasteiger partial charge in [0.05, 0.1) is 11.2 Å². The molecule has 4 aromatic rings. The molecule has 214 valence electrons. The number of nitrogens with zero attached hydrogens (tertiary/aromatic N) is 1. The van der Waals surface area contributed by atoms with E-state index >= 15 is 0 Å². The fourth-order valence-corrected chi connectivity index (χ4v) is 5.83. The smallest absolute Gasteiger partial charge is 0.422 e. The minimum absolute atomic E-state index is 0.0942. The predicted octanol–water partition coefficient (Wildman–Crippen LogP) is 3.99. The molecule has 3 heterocycles. The van der Waals surface area contributed by atoms with Crippen LogP contribution < -0.4 is 21.1 Å². The van der Waals surface area contributed by atoms with Crippen LogP contribution in [0.25, 0.3) is 10.9 Å². The fourth-order valence-electron chi connectivity index (χ4n) is 5.66. The van der Waals surface area contributed by atoms with Crippen LogP contribution in [0.5, 0.6) is 5.75 Å². The Hall–Kier alpha value is -4.67. The average molecular weight is 587 g/mol. The predicted molar refractivity (Wildman–Crippen MR) is 157 cm³/mol. The summed E-state index contributed by atoms with van der Waals surface area (Å²) in [6.45, 7) is 1.17. The molecule has 3 amide bonds. The van der Waals surface area contributed by atoms with E-state index in [9.17, 15) is 24.3 Å². The molecule has 1 fully saturated rings. The lowest BCUT2D eigenvalue weighted by Crippen LogP contribution is -2.58. The summed E-state index contributed by atoms with van der Waals surface area (Å²) in [6.07, 6.45) is 0.614. The molecule has 2 aliphatic heterocycles. The number of imide groups is 1. The molecule has 3 aromatic carbocycles. The van der Waals surface area contributed by atoms with E-state index in [2.05, 4.69) is 15.6 Å². The van der Waals surface area contributed by atoms with Gasteiger partial charge in [-0.3, -0.25) is 14.4 Å². The van der Waals surface area contributed by atoms with Gasteiger partial charge in [-0.15, -0.1) is 0 Å². The van der Waals surface area contributed by atoms with Crippen molar-refractivity contribution in [2.24, 2.45) is 0 Å². The number of H-pyrrole nitrogens is 1. The quantitative estimate of drug-likeness (QED) is 0.277. The summed E-state index contributed by atoms with van der Waals surface area (Å²) in [7, 11) is 0. The number of nitrogens with one attached hydrogen (secondary N) is 3. The second-order valence-electron chi connectivity index (χ2n) is 10.5. The van der Waals surface area contributed by atoms with Gasteiger partial charge in [-0.1, -0.05) is 41.9 Å². The molecule has 1 spiro atoms. The number of piperidine rings is 1. The monoisotopic (exact) mass is 586 g/mol. The Morgan fingerprint density at radius 2 is 1.88 bits per heavy atom. The summed E-state index contributed by atoms with van der Waals surface area (Å²) in [5.41, 5.74) is 0.807. The maximum atomic E-state index is 14.2. The molecule has 2 atom stereocenters. The van der Waals surface area contributed by atoms with E-state index in [0.29, 0.717) is 34.8 Å². The maximum Gasteiger partial charge on any atom is 0.422 e. The number of ether oxygens (including phenoxy) is 1. The van der Waals surface area contributed by atoms with Crippen LogP contribution in [0, 0.1) is 0 Å². The molecule has 6 rings (SSSR count). The molecule has 1 saturated heterocycles. The largest absolute Gasteiger partial charge is 0.507 e. The second-order valence-corrected chi connectivity index (χ2v) is 10.9. The van der Waals surface area contributed by atoms with Crippen LogP contribution in [0.4, 0.5) is 10.5 Å². The van der Waals surface area contributed by atoms with Crippen molar-refractivity contribution >= 4 is 46.1 Å². The van der Waals surface area contributed by atoms with Gasteiger partial charge in [0.1, 0.15) is 11.8 Å². The van der Waals surface area contributed by atoms with Gasteiger partial charge < -0.3 is 25.5 Å². The summed E-state index contributed by atoms with van der Waals surface area (Å²) < 4.78 is 5.97. The molecule has 0 bridgehead atoms. The zero-order chi connectivity index (χ0) is 29.4. The van der Waals surface area contributed by atoms with E-state index < -0.39 is 35.1 Å². The number of carbonyl (C=O) groups is 3. The number of rotatable bonds is 5. The Kier molecular flexibility index (Phi) is 7.17. The van der Waals surface area contributed by atoms with E-state index in [1.165, 1.54) is 18.2 Å². The Morgan fingerprint density at radius 1 is 1.07 bits per heavy atom. The molecule has 0 saturated carbocycles. The number of aromatic amines is 1. The van der Waals surface area contributed by atoms with Gasteiger partial charge in [0.25, 0.3) is 17.4 Å². The first-order valence-corrected chi connectivity index (χ1v) is 13.9. The number of hydrogen-bond acceptors (Lipinski definition) is 7. The summed E-state index contributed by atoms with van der Waals surface area (Å²) in [5.74, 6) is -1.56. The topological polar surface area (TPSA) is 141 Å². The number of carbonyl (C=O) groups excluding carboxylic acids is 3. The summed E-state index contributed by atoms with van der Waals surface area (Å²) >= 11 is 6.35. The molecule has 0 unspecified atom stereocenters. The van der Waals surface area contributed by atoms with Gasteiger partial charge in [-0.2, -0.15) is 0 Å². The second kappa shape index (κ2) is 11.0. The summed E-state index contributed by atoms with van der Waals surface area (Å²) in [5, 5.41) is 17.0. The van der Waals surface area contributed by atoms with Crippen molar-refractivity contribution in [1.82, 2.24) is 15.6 Å². The number of fused-ring (bicyclic) bond motifs is 3. The Morgan fingerprint density at radius 3 is 2.64 bits per heavy atom. The number of amides is 3. The van der Waals surface area contributed by atoms with Crippen molar-refractivity contribution in [3.8, 4) is 5.75 Å². The molecule has 1 aromatic heterocycles. The molecular weight excluding hydrogens is 560 g/mol. The maximum absolute atomic E-state index is 14.2. The van der Waals surface area contributed by atoms with Crippen LogP contribution >= 0.6 is 11.6 Å². The number of benzene rings is 3. The Bertz CT molecular complexity index is 1770. The number of hydrogen-bond donors (Lipinski definition) is 4. The van der Waals surface area contributed by atoms with Crippen LogP contribution in [0.1, 0.15) is 34.3 Å². The zero-order valence-electron chi connectivity index (χ0n) is 22.4. The van der Waals surface area contributed by atoms with E-state index in [1.807, 2.05) is 30.3 Å². The minimum Gasteiger partial charge on any atom is -0.507 e. The van der Waals surface area contributed by atoms with Crippen LogP contribution in [-0.2, 0) is 21.6 Å². The van der Waals surface area contributed by atoms with Gasteiger partial charge in [0.2, 0.25) is 0 Å². The standard InChI is InChI=1S/C31H27ClN4O6/c32-20-8-10-25-22(15-20)31(11-4-12-33-17-31)42-30(41)36(25)29(40)24(13-18-5-2-1-3-6-18)35-28(39)19-7-9-23-21(14-19)26(37)16-27(38)34-23/h1-3,5-10,14-16,24,33H,4,11-13,17H2,(H,35,39)(H2,34,37,38)/t24-,31-/m0/s1. The summed E-state index contributed by atoms with van der Waals surface area (Å²) in [6, 6.07) is 18.3. The van der Waals surface area contributed by atoms with Gasteiger partial charge in [0, 0.05) is 40.6 Å². The number of pyridine rings is 1. The highest BCUT2D eigenvalue weighted by Crippen LogP contribution is 2.44. The highest BCUT2D eigenvalue weighted by atomic mass is 35.5. The first kappa shape index (κ1) is 27.5. The van der Waals surface area contributed by atoms with Crippen LogP contribution in [0.3, 0.4) is 0 Å². The lowest BCUT2D eigenvalue weighted by atomic mass is 9.84. The van der Waals surface area contributed by atoms with Crippen LogP contribution in [0.2, 0.25) is 5.02 Å². The lowest BCUT2D eigenvalue weighted by molar-refractivity contribution is -0.120. The van der Waals surface area contributed by atoms with Crippen LogP contribution in [-0.4, -0.2) is 47.1 Å². The Labute approximate surface area is 245 Å². The van der Waals surface area contributed by atoms with Crippen molar-refractivity contribution < 1.29 is 24.2 Å². The molecule has 10 nitrogen and oxygen atoms in total. The van der Waals surface area contributed by atoms with Gasteiger partial charge >= 0.3 is 6.09 Å². The van der Waals surface area contributed by atoms with Gasteiger partial charge in [0.15, 0.2) is 5.60 Å². The number of aromatic hydroxyl groups is 1. The van der Waals surface area contributed by atoms with Crippen molar-refractivity contribution in [2.45, 2.75) is 30.9 Å². The van der Waals surface area contributed by atoms with E-state index in [1.54, 1.807) is 18.2 Å². The summed E-state index contributed by atoms with van der Waals surface area (Å²) in [4.78, 5) is 56.5. The SMILES string of the molecule is O=C(N[C@@H](Cc1ccccc1)C(=O)N1C(=O)O[C@]2(CCCNC2)c2cc(Cl)ccc21)c1ccc2[nH]c(=O)cc(O)c2c1. The Balaban J connectivity index is 1.36. The molecule has 11 heteroatoms. The third kappa shape index (κ3) is 5.10. The van der Waals surface area contributed by atoms with E-state index in [-0.39, 0.29) is 23.1 Å². The van der Waals surface area contributed by atoms with Crippen molar-refractivity contribution in [1.29, 1.82) is 0 Å². The minimum atomic E-state index is -1.16. The molecule has 42 heavy (non-hydrogen) atoms. The number of halogens is 1.